The fraction of sp³-hybridized carbons (Fsp3) is 0.952. The molecule has 0 heterocycles. The molecular formula is C21H43N. The van der Waals surface area contributed by atoms with Crippen LogP contribution in [0.25, 0.3) is 0 Å². The van der Waals surface area contributed by atoms with E-state index in [-0.39, 0.29) is 0 Å². The molecular weight excluding hydrogens is 266 g/mol. The first-order valence-electron chi connectivity index (χ1n) is 10.4. The van der Waals surface area contributed by atoms with Gasteiger partial charge in [0.25, 0.3) is 0 Å². The van der Waals surface area contributed by atoms with E-state index in [1.165, 1.54) is 96.3 Å². The van der Waals surface area contributed by atoms with Crippen molar-refractivity contribution in [3.8, 4) is 0 Å². The first-order chi connectivity index (χ1) is 10.8. The molecule has 1 nitrogen and oxygen atoms in total. The standard InChI is InChI=1S/C21H43N/c1-3-5-6-7-8-9-10-11-12-13-14-15-16-17-18-20-21(22)19-4-2/h22H,3-20H2,1-2H3. The summed E-state index contributed by atoms with van der Waals surface area (Å²) in [5.74, 6) is 0. The maximum absolute atomic E-state index is 7.76. The topological polar surface area (TPSA) is 23.9 Å². The maximum atomic E-state index is 7.76. The lowest BCUT2D eigenvalue weighted by molar-refractivity contribution is 0.533. The van der Waals surface area contributed by atoms with Crippen molar-refractivity contribution in [3.05, 3.63) is 0 Å². The molecule has 0 atom stereocenters. The van der Waals surface area contributed by atoms with E-state index in [0.717, 1.165) is 25.0 Å². The Morgan fingerprint density at radius 2 is 0.818 bits per heavy atom. The van der Waals surface area contributed by atoms with Crippen molar-refractivity contribution >= 4 is 5.71 Å². The number of hydrogen-bond acceptors (Lipinski definition) is 1. The summed E-state index contributed by atoms with van der Waals surface area (Å²) in [4.78, 5) is 0. The van der Waals surface area contributed by atoms with Crippen LogP contribution in [0.3, 0.4) is 0 Å². The molecule has 0 fully saturated rings. The molecule has 0 saturated heterocycles. The second kappa shape index (κ2) is 18.7. The third-order valence-corrected chi connectivity index (χ3v) is 4.63. The van der Waals surface area contributed by atoms with E-state index in [9.17, 15) is 0 Å². The van der Waals surface area contributed by atoms with Gasteiger partial charge in [-0.3, -0.25) is 0 Å². The van der Waals surface area contributed by atoms with Gasteiger partial charge in [-0.1, -0.05) is 110 Å². The monoisotopic (exact) mass is 309 g/mol. The Labute approximate surface area is 141 Å². The Hall–Kier alpha value is -0.330. The molecule has 0 radical (unpaired) electrons. The van der Waals surface area contributed by atoms with Gasteiger partial charge in [0.1, 0.15) is 0 Å². The predicted octanol–water partition coefficient (Wildman–Crippen LogP) is 8.07. The molecule has 0 aromatic heterocycles. The largest absolute Gasteiger partial charge is 0.310 e. The van der Waals surface area contributed by atoms with E-state index >= 15 is 0 Å². The number of rotatable bonds is 18. The van der Waals surface area contributed by atoms with Crippen molar-refractivity contribution in [1.29, 1.82) is 5.41 Å². The third-order valence-electron chi connectivity index (χ3n) is 4.63. The first-order valence-corrected chi connectivity index (χ1v) is 10.4. The van der Waals surface area contributed by atoms with E-state index in [2.05, 4.69) is 13.8 Å². The van der Waals surface area contributed by atoms with Crippen LogP contribution in [0.2, 0.25) is 0 Å². The average Bonchev–Trinajstić information content (AvgIpc) is 2.51. The summed E-state index contributed by atoms with van der Waals surface area (Å²) in [6.45, 7) is 4.46. The van der Waals surface area contributed by atoms with Crippen LogP contribution < -0.4 is 0 Å². The van der Waals surface area contributed by atoms with Gasteiger partial charge < -0.3 is 5.41 Å². The van der Waals surface area contributed by atoms with Crippen LogP contribution in [0.15, 0.2) is 0 Å². The van der Waals surface area contributed by atoms with Gasteiger partial charge in [-0.25, -0.2) is 0 Å². The highest BCUT2D eigenvalue weighted by atomic mass is 14.4. The zero-order valence-corrected chi connectivity index (χ0v) is 15.7. The highest BCUT2D eigenvalue weighted by molar-refractivity contribution is 5.81. The molecule has 0 unspecified atom stereocenters. The summed E-state index contributed by atoms with van der Waals surface area (Å²) in [6.07, 6.45) is 24.5. The van der Waals surface area contributed by atoms with Crippen molar-refractivity contribution < 1.29 is 0 Å². The van der Waals surface area contributed by atoms with Gasteiger partial charge >= 0.3 is 0 Å². The van der Waals surface area contributed by atoms with Crippen molar-refractivity contribution in [3.63, 3.8) is 0 Å². The lowest BCUT2D eigenvalue weighted by Gasteiger charge is -2.04. The van der Waals surface area contributed by atoms with Crippen LogP contribution in [0.5, 0.6) is 0 Å². The molecule has 0 aliphatic heterocycles. The van der Waals surface area contributed by atoms with E-state index < -0.39 is 0 Å². The molecule has 132 valence electrons. The second-order valence-corrected chi connectivity index (χ2v) is 7.05. The van der Waals surface area contributed by atoms with Gasteiger partial charge in [-0.2, -0.15) is 0 Å². The SMILES string of the molecule is CCCCCCCCCCCCCCCCCC(=N)CCC. The molecule has 0 bridgehead atoms. The Bertz CT molecular complexity index is 222. The number of unbranched alkanes of at least 4 members (excludes halogenated alkanes) is 14. The summed E-state index contributed by atoms with van der Waals surface area (Å²) >= 11 is 0. The minimum Gasteiger partial charge on any atom is -0.310 e. The molecule has 0 aliphatic rings. The van der Waals surface area contributed by atoms with Gasteiger partial charge in [0, 0.05) is 5.71 Å². The first kappa shape index (κ1) is 21.7. The molecule has 0 saturated carbocycles. The molecule has 1 N–H and O–H groups in total. The number of hydrogen-bond donors (Lipinski definition) is 1. The summed E-state index contributed by atoms with van der Waals surface area (Å²) in [5.41, 5.74) is 0.970. The van der Waals surface area contributed by atoms with Crippen molar-refractivity contribution in [2.45, 2.75) is 129 Å². The quantitative estimate of drug-likeness (QED) is 0.195. The average molecular weight is 310 g/mol. The summed E-state index contributed by atoms with van der Waals surface area (Å²) < 4.78 is 0. The van der Waals surface area contributed by atoms with Crippen LogP contribution in [0.4, 0.5) is 0 Å². The third kappa shape index (κ3) is 17.7. The molecule has 0 spiro atoms. The second-order valence-electron chi connectivity index (χ2n) is 7.05. The maximum Gasteiger partial charge on any atom is 0.00890 e. The minimum absolute atomic E-state index is 0.970. The van der Waals surface area contributed by atoms with Gasteiger partial charge in [0.15, 0.2) is 0 Å². The van der Waals surface area contributed by atoms with Gasteiger partial charge in [0.05, 0.1) is 0 Å². The minimum atomic E-state index is 0.970. The Balaban J connectivity index is 3.01. The van der Waals surface area contributed by atoms with Gasteiger partial charge in [0.2, 0.25) is 0 Å². The van der Waals surface area contributed by atoms with E-state index in [1.54, 1.807) is 0 Å². The smallest absolute Gasteiger partial charge is 0.00890 e. The van der Waals surface area contributed by atoms with Crippen molar-refractivity contribution in [2.75, 3.05) is 0 Å². The van der Waals surface area contributed by atoms with Gasteiger partial charge in [-0.05, 0) is 19.3 Å². The van der Waals surface area contributed by atoms with Crippen LogP contribution in [0.1, 0.15) is 129 Å². The van der Waals surface area contributed by atoms with Crippen LogP contribution in [-0.2, 0) is 0 Å². The Morgan fingerprint density at radius 3 is 1.18 bits per heavy atom. The Kier molecular flexibility index (Phi) is 18.4. The zero-order valence-electron chi connectivity index (χ0n) is 15.7. The van der Waals surface area contributed by atoms with Crippen LogP contribution in [-0.4, -0.2) is 5.71 Å². The van der Waals surface area contributed by atoms with Gasteiger partial charge in [-0.15, -0.1) is 0 Å². The molecule has 0 aromatic rings. The molecule has 0 rings (SSSR count). The van der Waals surface area contributed by atoms with Crippen LogP contribution >= 0.6 is 0 Å². The molecule has 0 amide bonds. The normalized spacial score (nSPS) is 11.0. The fourth-order valence-electron chi connectivity index (χ4n) is 3.14. The highest BCUT2D eigenvalue weighted by Crippen LogP contribution is 2.14. The van der Waals surface area contributed by atoms with Crippen LogP contribution in [0, 0.1) is 5.41 Å². The predicted molar refractivity (Wildman–Crippen MR) is 102 cm³/mol. The highest BCUT2D eigenvalue weighted by Gasteiger charge is 1.97. The van der Waals surface area contributed by atoms with E-state index in [1.807, 2.05) is 0 Å². The van der Waals surface area contributed by atoms with E-state index in [4.69, 9.17) is 5.41 Å². The van der Waals surface area contributed by atoms with Crippen molar-refractivity contribution in [2.24, 2.45) is 0 Å². The van der Waals surface area contributed by atoms with Crippen molar-refractivity contribution in [1.82, 2.24) is 0 Å². The zero-order chi connectivity index (χ0) is 16.3. The number of nitrogens with one attached hydrogen (secondary N) is 1. The molecule has 0 aliphatic carbocycles. The Morgan fingerprint density at radius 1 is 0.455 bits per heavy atom. The van der Waals surface area contributed by atoms with E-state index in [0.29, 0.717) is 0 Å². The molecule has 0 aromatic carbocycles. The lowest BCUT2D eigenvalue weighted by atomic mass is 10.0. The summed E-state index contributed by atoms with van der Waals surface area (Å²) in [6, 6.07) is 0. The summed E-state index contributed by atoms with van der Waals surface area (Å²) in [7, 11) is 0. The molecule has 1 heteroatoms. The fourth-order valence-corrected chi connectivity index (χ4v) is 3.14. The molecule has 22 heavy (non-hydrogen) atoms. The summed E-state index contributed by atoms with van der Waals surface area (Å²) in [5, 5.41) is 7.76. The lowest BCUT2D eigenvalue weighted by Crippen LogP contribution is -1.95.